The molecule has 2 heterocycles. The number of anilines is 2. The zero-order valence-corrected chi connectivity index (χ0v) is 27.7. The van der Waals surface area contributed by atoms with E-state index in [2.05, 4.69) is 10.4 Å². The zero-order chi connectivity index (χ0) is 35.5. The first-order valence-corrected chi connectivity index (χ1v) is 15.5. The standard InChI is InChI=1S/C36H36F2N6O5/c1-23-22-43-31(33(46)44(23)28-14-12-27(13-15-28)36(37,38)26-9-7-6-8-10-26)29(21-40-43)41-32(45)24-11-16-30(25(19-24)20-39)48-18-17-42(5)34(47)49-35(2,3)4/h6-16,19,21,23H,17-18,22H2,1-5H3,(H,41,45)/t23-/m0/s1. The number of hydrogen-bond acceptors (Lipinski definition) is 7. The van der Waals surface area contributed by atoms with Crippen LogP contribution < -0.4 is 15.0 Å². The number of nitriles is 1. The molecule has 0 aliphatic carbocycles. The summed E-state index contributed by atoms with van der Waals surface area (Å²) in [6.45, 7) is 7.68. The van der Waals surface area contributed by atoms with Gasteiger partial charge in [-0.2, -0.15) is 19.1 Å². The van der Waals surface area contributed by atoms with Crippen molar-refractivity contribution in [2.45, 2.75) is 51.8 Å². The Balaban J connectivity index is 1.27. The normalized spacial score (nSPS) is 14.4. The number of ether oxygens (including phenoxy) is 2. The quantitative estimate of drug-likeness (QED) is 0.217. The molecule has 0 radical (unpaired) electrons. The van der Waals surface area contributed by atoms with Gasteiger partial charge in [-0.05, 0) is 58.0 Å². The van der Waals surface area contributed by atoms with E-state index in [0.29, 0.717) is 12.2 Å². The largest absolute Gasteiger partial charge is 0.490 e. The molecule has 0 spiro atoms. The molecular formula is C36H36F2N6O5. The lowest BCUT2D eigenvalue weighted by atomic mass is 9.99. The first-order valence-electron chi connectivity index (χ1n) is 15.5. The van der Waals surface area contributed by atoms with Gasteiger partial charge >= 0.3 is 6.09 Å². The molecule has 49 heavy (non-hydrogen) atoms. The van der Waals surface area contributed by atoms with E-state index in [1.807, 2.05) is 13.0 Å². The fraction of sp³-hybridized carbons (Fsp3) is 0.306. The molecule has 254 valence electrons. The minimum absolute atomic E-state index is 0.0771. The van der Waals surface area contributed by atoms with Crippen molar-refractivity contribution in [1.29, 1.82) is 5.26 Å². The van der Waals surface area contributed by atoms with E-state index in [-0.39, 0.29) is 58.6 Å². The summed E-state index contributed by atoms with van der Waals surface area (Å²) in [5.74, 6) is -4.05. The van der Waals surface area contributed by atoms with Gasteiger partial charge in [0.25, 0.3) is 17.7 Å². The van der Waals surface area contributed by atoms with Crippen molar-refractivity contribution in [3.05, 3.63) is 107 Å². The number of benzene rings is 3. The number of halogens is 2. The van der Waals surface area contributed by atoms with Crippen LogP contribution in [-0.4, -0.2) is 64.4 Å². The topological polar surface area (TPSA) is 130 Å². The lowest BCUT2D eigenvalue weighted by Gasteiger charge is -2.34. The van der Waals surface area contributed by atoms with Gasteiger partial charge in [-0.15, -0.1) is 0 Å². The highest BCUT2D eigenvalue weighted by Gasteiger charge is 2.37. The number of hydrogen-bond donors (Lipinski definition) is 1. The van der Waals surface area contributed by atoms with Crippen molar-refractivity contribution in [2.24, 2.45) is 0 Å². The van der Waals surface area contributed by atoms with Gasteiger partial charge in [0.05, 0.1) is 36.6 Å². The number of aromatic nitrogens is 2. The van der Waals surface area contributed by atoms with E-state index in [1.54, 1.807) is 46.0 Å². The molecule has 3 aromatic carbocycles. The van der Waals surface area contributed by atoms with Crippen LogP contribution in [-0.2, 0) is 17.2 Å². The van der Waals surface area contributed by atoms with Gasteiger partial charge < -0.3 is 24.6 Å². The van der Waals surface area contributed by atoms with Crippen LogP contribution >= 0.6 is 0 Å². The average molecular weight is 671 g/mol. The molecule has 11 nitrogen and oxygen atoms in total. The maximum absolute atomic E-state index is 15.1. The second kappa shape index (κ2) is 13.8. The summed E-state index contributed by atoms with van der Waals surface area (Å²) in [6.07, 6.45) is 0.859. The van der Waals surface area contributed by atoms with Crippen LogP contribution in [0.4, 0.5) is 25.0 Å². The molecule has 0 bridgehead atoms. The zero-order valence-electron chi connectivity index (χ0n) is 27.7. The van der Waals surface area contributed by atoms with Crippen molar-refractivity contribution < 1.29 is 32.6 Å². The van der Waals surface area contributed by atoms with Crippen molar-refractivity contribution >= 4 is 29.3 Å². The molecule has 5 rings (SSSR count). The summed E-state index contributed by atoms with van der Waals surface area (Å²) in [5.41, 5.74) is -0.0550. The van der Waals surface area contributed by atoms with E-state index in [1.165, 1.54) is 75.3 Å². The molecule has 13 heteroatoms. The highest BCUT2D eigenvalue weighted by molar-refractivity contribution is 6.13. The first kappa shape index (κ1) is 34.6. The minimum atomic E-state index is -3.22. The van der Waals surface area contributed by atoms with Crippen molar-refractivity contribution in [3.8, 4) is 11.8 Å². The summed E-state index contributed by atoms with van der Waals surface area (Å²) >= 11 is 0. The first-order chi connectivity index (χ1) is 23.2. The number of likely N-dealkylation sites (N-methyl/N-ethyl adjacent to an activating group) is 1. The summed E-state index contributed by atoms with van der Waals surface area (Å²) < 4.78 is 42.8. The second-order valence-corrected chi connectivity index (χ2v) is 12.6. The Morgan fingerprint density at radius 2 is 1.73 bits per heavy atom. The van der Waals surface area contributed by atoms with Crippen LogP contribution in [0.1, 0.15) is 65.2 Å². The molecule has 1 aliphatic heterocycles. The van der Waals surface area contributed by atoms with E-state index >= 15 is 8.78 Å². The average Bonchev–Trinajstić information content (AvgIpc) is 3.46. The van der Waals surface area contributed by atoms with Crippen LogP contribution in [0.5, 0.6) is 5.75 Å². The molecule has 1 aliphatic rings. The van der Waals surface area contributed by atoms with Crippen LogP contribution in [0.3, 0.4) is 0 Å². The number of carbonyl (C=O) groups is 3. The molecule has 1 aromatic heterocycles. The van der Waals surface area contributed by atoms with Gasteiger partial charge in [0, 0.05) is 29.4 Å². The number of nitrogens with one attached hydrogen (secondary N) is 1. The maximum Gasteiger partial charge on any atom is 0.410 e. The Kier molecular flexibility index (Phi) is 9.71. The summed E-state index contributed by atoms with van der Waals surface area (Å²) in [7, 11) is 1.57. The van der Waals surface area contributed by atoms with Crippen LogP contribution in [0, 0.1) is 11.3 Å². The molecule has 0 unspecified atom stereocenters. The number of amides is 3. The minimum Gasteiger partial charge on any atom is -0.490 e. The maximum atomic E-state index is 15.1. The molecule has 1 atom stereocenters. The van der Waals surface area contributed by atoms with Crippen molar-refractivity contribution in [2.75, 3.05) is 30.4 Å². The monoisotopic (exact) mass is 670 g/mol. The fourth-order valence-corrected chi connectivity index (χ4v) is 5.31. The number of fused-ring (bicyclic) bond motifs is 1. The van der Waals surface area contributed by atoms with Gasteiger partial charge in [0.15, 0.2) is 0 Å². The van der Waals surface area contributed by atoms with Gasteiger partial charge in [-0.1, -0.05) is 42.5 Å². The van der Waals surface area contributed by atoms with Gasteiger partial charge in [-0.25, -0.2) is 4.79 Å². The highest BCUT2D eigenvalue weighted by atomic mass is 19.3. The Bertz CT molecular complexity index is 1900. The Morgan fingerprint density at radius 3 is 2.39 bits per heavy atom. The number of nitrogens with zero attached hydrogens (tertiary/aromatic N) is 5. The molecule has 1 N–H and O–H groups in total. The third-order valence-electron chi connectivity index (χ3n) is 7.78. The van der Waals surface area contributed by atoms with Crippen LogP contribution in [0.25, 0.3) is 0 Å². The van der Waals surface area contributed by atoms with E-state index in [4.69, 9.17) is 9.47 Å². The van der Waals surface area contributed by atoms with Gasteiger partial charge in [0.2, 0.25) is 0 Å². The Hall–Kier alpha value is -5.77. The molecule has 0 saturated carbocycles. The lowest BCUT2D eigenvalue weighted by Crippen LogP contribution is -2.47. The van der Waals surface area contributed by atoms with E-state index < -0.39 is 29.4 Å². The Morgan fingerprint density at radius 1 is 1.06 bits per heavy atom. The predicted octanol–water partition coefficient (Wildman–Crippen LogP) is 6.44. The van der Waals surface area contributed by atoms with Crippen LogP contribution in [0.2, 0.25) is 0 Å². The summed E-state index contributed by atoms with van der Waals surface area (Å²) in [4.78, 5) is 42.1. The highest BCUT2D eigenvalue weighted by Crippen LogP contribution is 2.37. The van der Waals surface area contributed by atoms with Gasteiger partial charge in [-0.3, -0.25) is 14.3 Å². The van der Waals surface area contributed by atoms with E-state index in [9.17, 15) is 19.6 Å². The third kappa shape index (κ3) is 7.54. The summed E-state index contributed by atoms with van der Waals surface area (Å²) in [5, 5.41) is 16.7. The molecule has 0 saturated heterocycles. The smallest absolute Gasteiger partial charge is 0.410 e. The fourth-order valence-electron chi connectivity index (χ4n) is 5.31. The lowest BCUT2D eigenvalue weighted by molar-refractivity contribution is 0.0277. The van der Waals surface area contributed by atoms with E-state index in [0.717, 1.165) is 0 Å². The predicted molar refractivity (Wildman–Crippen MR) is 178 cm³/mol. The van der Waals surface area contributed by atoms with Crippen molar-refractivity contribution in [1.82, 2.24) is 14.7 Å². The molecule has 0 fully saturated rings. The van der Waals surface area contributed by atoms with Gasteiger partial charge in [0.1, 0.15) is 29.7 Å². The number of rotatable bonds is 9. The molecular weight excluding hydrogens is 634 g/mol. The molecule has 4 aromatic rings. The SMILES string of the molecule is C[C@H]1Cn2ncc(NC(=O)c3ccc(OCCN(C)C(=O)OC(C)(C)C)c(C#N)c3)c2C(=O)N1c1ccc(C(F)(F)c2ccccc2)cc1. The second-order valence-electron chi connectivity index (χ2n) is 12.6. The van der Waals surface area contributed by atoms with Crippen LogP contribution in [0.15, 0.2) is 79.0 Å². The third-order valence-corrected chi connectivity index (χ3v) is 7.78. The number of alkyl halides is 2. The van der Waals surface area contributed by atoms with Crippen molar-refractivity contribution in [3.63, 3.8) is 0 Å². The number of carbonyl (C=O) groups excluding carboxylic acids is 3. The Labute approximate surface area is 282 Å². The summed E-state index contributed by atoms with van der Waals surface area (Å²) in [6, 6.07) is 19.0. The molecule has 3 amide bonds.